The van der Waals surface area contributed by atoms with E-state index in [0.717, 1.165) is 56.9 Å². The summed E-state index contributed by atoms with van der Waals surface area (Å²) in [5.41, 5.74) is 14.0. The first-order valence-electron chi connectivity index (χ1n) is 29.2. The van der Waals surface area contributed by atoms with E-state index in [1.165, 1.54) is 145 Å². The monoisotopic (exact) mass is 1070 g/mol. The molecule has 1 aromatic carbocycles. The van der Waals surface area contributed by atoms with Crippen LogP contribution in [0.15, 0.2) is 29.1 Å². The quantitative estimate of drug-likeness (QED) is 0.0228. The second kappa shape index (κ2) is 40.7. The maximum Gasteiger partial charge on any atom is 0.328 e. The maximum absolute atomic E-state index is 13.3. The number of anilines is 3. The number of nitrogens with zero attached hydrogens (tertiary/aromatic N) is 3. The third kappa shape index (κ3) is 28.5. The van der Waals surface area contributed by atoms with Gasteiger partial charge in [-0.25, -0.2) is 4.79 Å². The Morgan fingerprint density at radius 1 is 0.693 bits per heavy atom. The predicted molar refractivity (Wildman–Crippen MR) is 307 cm³/mol. The number of nitrogen functional groups attached to an aromatic ring is 1. The molecule has 0 aliphatic rings. The van der Waals surface area contributed by atoms with Crippen LogP contribution in [0.1, 0.15) is 225 Å². The van der Waals surface area contributed by atoms with Gasteiger partial charge in [0.2, 0.25) is 11.9 Å². The molecule has 17 heteroatoms. The summed E-state index contributed by atoms with van der Waals surface area (Å²) in [6, 6.07) is 5.90. The van der Waals surface area contributed by atoms with Crippen LogP contribution in [0.4, 0.5) is 17.5 Å². The number of carbonyl (C=O) groups is 4. The molecule has 0 radical (unpaired) electrons. The van der Waals surface area contributed by atoms with Gasteiger partial charge < -0.3 is 41.7 Å². The Morgan fingerprint density at radius 3 is 1.72 bits per heavy atom. The number of nitrogens with two attached hydrogens (primary N) is 2. The molecule has 2 heterocycles. The molecule has 3 aromatic rings. The number of hydrogen-bond acceptors (Lipinski definition) is 14. The molecule has 1 amide bonds. The van der Waals surface area contributed by atoms with E-state index in [4.69, 9.17) is 20.9 Å². The third-order valence-corrected chi connectivity index (χ3v) is 15.0. The van der Waals surface area contributed by atoms with Crippen molar-refractivity contribution in [1.82, 2.24) is 19.5 Å². The molecule has 2 aromatic heterocycles. The number of aliphatic hydroxyl groups is 1. The van der Waals surface area contributed by atoms with Gasteiger partial charge in [0.05, 0.1) is 25.1 Å². The number of amides is 1. The van der Waals surface area contributed by atoms with Gasteiger partial charge in [-0.15, -0.1) is 0 Å². The molecule has 3 atom stereocenters. The zero-order chi connectivity index (χ0) is 54.3. The van der Waals surface area contributed by atoms with E-state index < -0.39 is 42.1 Å². The van der Waals surface area contributed by atoms with Gasteiger partial charge in [0.1, 0.15) is 18.2 Å². The second-order valence-corrected chi connectivity index (χ2v) is 21.7. The summed E-state index contributed by atoms with van der Waals surface area (Å²) in [7, 11) is 0. The number of rotatable bonds is 47. The zero-order valence-electron chi connectivity index (χ0n) is 46.4. The number of fused-ring (bicyclic) bond motifs is 1. The predicted octanol–water partition coefficient (Wildman–Crippen LogP) is 11.9. The highest BCUT2D eigenvalue weighted by molar-refractivity contribution is 7.99. The number of benzene rings is 1. The lowest BCUT2D eigenvalue weighted by molar-refractivity contribution is -0.157. The van der Waals surface area contributed by atoms with Gasteiger partial charge in [0.25, 0.3) is 0 Å². The van der Waals surface area contributed by atoms with Crippen LogP contribution in [-0.2, 0) is 35.2 Å². The van der Waals surface area contributed by atoms with Crippen molar-refractivity contribution >= 4 is 64.0 Å². The van der Waals surface area contributed by atoms with Gasteiger partial charge in [0.15, 0.2) is 17.2 Å². The minimum absolute atomic E-state index is 0.0745. The fourth-order valence-electron chi connectivity index (χ4n) is 9.02. The van der Waals surface area contributed by atoms with Crippen LogP contribution in [0.25, 0.3) is 11.2 Å². The number of thioether (sulfide) groups is 1. The Balaban J connectivity index is 1.44. The number of H-pyrrole nitrogens is 1. The smallest absolute Gasteiger partial charge is 0.328 e. The molecule has 0 spiro atoms. The van der Waals surface area contributed by atoms with Crippen molar-refractivity contribution in [3.05, 3.63) is 40.3 Å². The molecule has 8 N–H and O–H groups in total. The Labute approximate surface area is 453 Å². The number of hydrogen-bond donors (Lipinski definition) is 6. The van der Waals surface area contributed by atoms with Gasteiger partial charge in [-0.1, -0.05) is 193 Å². The lowest BCUT2D eigenvalue weighted by Crippen LogP contribution is -2.38. The number of aliphatic hydroxyl groups excluding tert-OH is 1. The van der Waals surface area contributed by atoms with Gasteiger partial charge in [0, 0.05) is 43.0 Å². The molecular weight excluding hydrogens is 969 g/mol. The van der Waals surface area contributed by atoms with Crippen molar-refractivity contribution in [3.63, 3.8) is 0 Å². The number of ketones is 1. The summed E-state index contributed by atoms with van der Waals surface area (Å²) in [5.74, 6) is -1.69. The van der Waals surface area contributed by atoms with Crippen LogP contribution >= 0.6 is 11.8 Å². The summed E-state index contributed by atoms with van der Waals surface area (Å²) >= 11 is 1.31. The topological polar surface area (TPSA) is 247 Å². The molecule has 16 nitrogen and oxygen atoms in total. The van der Waals surface area contributed by atoms with Crippen molar-refractivity contribution in [2.75, 3.05) is 47.6 Å². The van der Waals surface area contributed by atoms with Crippen LogP contribution in [0.2, 0.25) is 0 Å². The number of Topliss-reactive ketones (excluding diaryl/α,β-unsaturated/α-hetero) is 1. The molecule has 0 bridgehead atoms. The molecule has 0 aliphatic carbocycles. The SMILES string of the molecule is CCCCCCCCCCCCCCCC(=O)OCC(CSC[C@H](N)C(=O)C[C@@H](CO)C(=O)Nc1ccc(Cn2c(=O)[nH]c3c(N)nc(NCCCC)nc32)cc1)OC(=O)CCCCCCCCCCCCCCC. The van der Waals surface area contributed by atoms with Gasteiger partial charge in [-0.3, -0.25) is 23.7 Å². The lowest BCUT2D eigenvalue weighted by atomic mass is 9.99. The number of imidazole rings is 1. The lowest BCUT2D eigenvalue weighted by Gasteiger charge is -2.20. The fourth-order valence-corrected chi connectivity index (χ4v) is 10.0. The summed E-state index contributed by atoms with van der Waals surface area (Å²) in [6.07, 6.45) is 33.1. The highest BCUT2D eigenvalue weighted by Gasteiger charge is 2.26. The molecule has 3 rings (SSSR count). The first-order chi connectivity index (χ1) is 36.5. The molecule has 1 unspecified atom stereocenters. The van der Waals surface area contributed by atoms with Crippen LogP contribution in [-0.4, -0.2) is 91.7 Å². The highest BCUT2D eigenvalue weighted by Crippen LogP contribution is 2.21. The summed E-state index contributed by atoms with van der Waals surface area (Å²) in [4.78, 5) is 76.8. The Kier molecular flexibility index (Phi) is 35.2. The highest BCUT2D eigenvalue weighted by atomic mass is 32.2. The second-order valence-electron chi connectivity index (χ2n) is 20.6. The first-order valence-corrected chi connectivity index (χ1v) is 30.4. The van der Waals surface area contributed by atoms with E-state index in [2.05, 4.69) is 46.4 Å². The number of esters is 2. The number of aromatic amines is 1. The normalized spacial score (nSPS) is 12.7. The molecule has 424 valence electrons. The maximum atomic E-state index is 13.3. The number of unbranched alkanes of at least 4 members (excludes halogenated alkanes) is 25. The third-order valence-electron chi connectivity index (χ3n) is 13.8. The van der Waals surface area contributed by atoms with Crippen LogP contribution in [0.3, 0.4) is 0 Å². The number of carbonyl (C=O) groups excluding carboxylic acids is 4. The van der Waals surface area contributed by atoms with E-state index in [0.29, 0.717) is 35.8 Å². The van der Waals surface area contributed by atoms with Gasteiger partial charge >= 0.3 is 17.6 Å². The van der Waals surface area contributed by atoms with E-state index in [1.807, 2.05) is 0 Å². The number of aromatic nitrogens is 4. The largest absolute Gasteiger partial charge is 0.462 e. The van der Waals surface area contributed by atoms with Crippen molar-refractivity contribution < 1.29 is 33.8 Å². The van der Waals surface area contributed by atoms with E-state index in [-0.39, 0.29) is 55.3 Å². The van der Waals surface area contributed by atoms with Crippen molar-refractivity contribution in [3.8, 4) is 0 Å². The molecule has 0 aliphatic heterocycles. The Bertz CT molecular complexity index is 2080. The van der Waals surface area contributed by atoms with Gasteiger partial charge in [-0.2, -0.15) is 21.7 Å². The first kappa shape index (κ1) is 64.8. The van der Waals surface area contributed by atoms with Crippen LogP contribution in [0.5, 0.6) is 0 Å². The Morgan fingerprint density at radius 2 is 1.20 bits per heavy atom. The van der Waals surface area contributed by atoms with Crippen LogP contribution in [0, 0.1) is 5.92 Å². The fraction of sp³-hybridized carbons (Fsp3) is 0.741. The van der Waals surface area contributed by atoms with Crippen molar-refractivity contribution in [2.45, 2.75) is 239 Å². The molecule has 75 heavy (non-hydrogen) atoms. The van der Waals surface area contributed by atoms with Crippen molar-refractivity contribution in [1.29, 1.82) is 0 Å². The number of ether oxygens (including phenoxy) is 2. The number of nitrogens with one attached hydrogen (secondary N) is 3. The molecule has 0 saturated heterocycles. The summed E-state index contributed by atoms with van der Waals surface area (Å²) in [5, 5.41) is 16.1. The van der Waals surface area contributed by atoms with Crippen LogP contribution < -0.4 is 27.8 Å². The minimum Gasteiger partial charge on any atom is -0.462 e. The minimum atomic E-state index is -1.04. The van der Waals surface area contributed by atoms with E-state index >= 15 is 0 Å². The standard InChI is InChI=1S/C58H98N8O8S/c1-4-7-10-12-14-16-18-20-22-24-26-28-30-32-51(69)73-42-48(74-52(70)33-31-29-27-25-23-21-19-17-15-13-11-8-5-2)43-75-44-49(59)50(68)39-46(41-67)56(71)62-47-36-34-45(35-37-47)40-66-55-53(63-58(66)72)54(60)64-57(65-55)61-38-9-6-3/h34-37,46,48-49,67H,4-33,38-44,59H2,1-3H3,(H,62,71)(H,63,72)(H3,60,61,64,65)/t46-,48?,49-/m0/s1. The van der Waals surface area contributed by atoms with Gasteiger partial charge in [-0.05, 0) is 37.0 Å². The molecule has 0 fully saturated rings. The van der Waals surface area contributed by atoms with Crippen molar-refractivity contribution in [2.24, 2.45) is 11.7 Å². The average Bonchev–Trinajstić information content (AvgIpc) is 3.71. The Hall–Kier alpha value is -4.48. The molecular formula is C58H98N8O8S. The average molecular weight is 1070 g/mol. The van der Waals surface area contributed by atoms with E-state index in [1.54, 1.807) is 24.3 Å². The zero-order valence-corrected chi connectivity index (χ0v) is 47.2. The molecule has 0 saturated carbocycles. The van der Waals surface area contributed by atoms with E-state index in [9.17, 15) is 29.1 Å². The summed E-state index contributed by atoms with van der Waals surface area (Å²) < 4.78 is 12.9. The summed E-state index contributed by atoms with van der Waals surface area (Å²) in [6.45, 7) is 6.77.